The summed E-state index contributed by atoms with van der Waals surface area (Å²) in [5, 5.41) is 22.1. The van der Waals surface area contributed by atoms with Crippen molar-refractivity contribution in [3.63, 3.8) is 0 Å². The number of benzene rings is 2. The number of rotatable bonds is 10. The quantitative estimate of drug-likeness (QED) is 0.0838. The van der Waals surface area contributed by atoms with Crippen molar-refractivity contribution < 1.29 is 47.2 Å². The fourth-order valence-corrected chi connectivity index (χ4v) is 6.24. The molecule has 20 heteroatoms. The number of nitro groups is 2. The second-order valence-electron chi connectivity index (χ2n) is 18.0. The van der Waals surface area contributed by atoms with Gasteiger partial charge in [0.25, 0.3) is 0 Å². The summed E-state index contributed by atoms with van der Waals surface area (Å²) in [5.74, 6) is -0.375. The lowest BCUT2D eigenvalue weighted by Crippen LogP contribution is -2.41. The Morgan fingerprint density at radius 1 is 0.548 bits per heavy atom. The lowest BCUT2D eigenvalue weighted by atomic mass is 9.49. The molecule has 0 bridgehead atoms. The maximum atomic E-state index is 11.3. The van der Waals surface area contributed by atoms with Crippen LogP contribution in [0.1, 0.15) is 94.2 Å². The van der Waals surface area contributed by atoms with E-state index >= 15 is 0 Å². The zero-order valence-electron chi connectivity index (χ0n) is 37.3. The Balaban J connectivity index is 0.000000181. The zero-order chi connectivity index (χ0) is 45.9. The van der Waals surface area contributed by atoms with E-state index in [0.717, 1.165) is 11.1 Å². The highest BCUT2D eigenvalue weighted by molar-refractivity contribution is 9.10. The summed E-state index contributed by atoms with van der Waals surface area (Å²) in [4.78, 5) is 28.6. The number of hydrogen-bond acceptors (Lipinski definition) is 14. The van der Waals surface area contributed by atoms with Crippen LogP contribution in [0, 0.1) is 20.2 Å². The van der Waals surface area contributed by atoms with Gasteiger partial charge >= 0.3 is 32.8 Å². The third-order valence-electron chi connectivity index (χ3n) is 11.8. The minimum atomic E-state index is -0.660. The highest BCUT2D eigenvalue weighted by atomic mass is 79.9. The summed E-state index contributed by atoms with van der Waals surface area (Å²) in [6.07, 6.45) is 2.77. The molecule has 0 amide bonds. The molecule has 5 heterocycles. The fraction of sp³-hybridized carbons (Fsp3) is 0.476. The van der Waals surface area contributed by atoms with E-state index in [1.54, 1.807) is 6.07 Å². The molecule has 3 aliphatic heterocycles. The average Bonchev–Trinajstić information content (AvgIpc) is 3.66. The van der Waals surface area contributed by atoms with Gasteiger partial charge in [-0.25, -0.2) is 0 Å². The Morgan fingerprint density at radius 2 is 0.887 bits per heavy atom. The lowest BCUT2D eigenvalue weighted by molar-refractivity contribution is -0.390. The van der Waals surface area contributed by atoms with Gasteiger partial charge in [0.05, 0.1) is 38.1 Å². The molecule has 2 aromatic heterocycles. The molecule has 0 N–H and O–H groups in total. The summed E-state index contributed by atoms with van der Waals surface area (Å²) >= 11 is 3.21. The number of hydrogen-bond donors (Lipinski definition) is 0. The molecule has 7 rings (SSSR count). The van der Waals surface area contributed by atoms with Gasteiger partial charge in [-0.3, -0.25) is 0 Å². The highest BCUT2D eigenvalue weighted by Crippen LogP contribution is 2.43. The van der Waals surface area contributed by atoms with Crippen molar-refractivity contribution in [2.75, 3.05) is 0 Å². The largest absolute Gasteiger partial charge is 0.498 e. The van der Waals surface area contributed by atoms with E-state index < -0.39 is 42.2 Å². The number of halogens is 1. The van der Waals surface area contributed by atoms with Gasteiger partial charge in [-0.15, -0.1) is 0 Å². The molecule has 2 aromatic carbocycles. The minimum absolute atomic E-state index is 0.0889. The first kappa shape index (κ1) is 48.6. The molecule has 4 aromatic rings. The van der Waals surface area contributed by atoms with E-state index in [0.29, 0.717) is 9.94 Å². The van der Waals surface area contributed by atoms with Crippen LogP contribution in [-0.4, -0.2) is 74.6 Å². The van der Waals surface area contributed by atoms with Gasteiger partial charge in [0, 0.05) is 11.5 Å². The van der Waals surface area contributed by atoms with Gasteiger partial charge in [-0.05, 0) is 136 Å². The Hall–Kier alpha value is -4.43. The number of aromatic nitrogens is 2. The first-order valence-electron chi connectivity index (χ1n) is 20.1. The summed E-state index contributed by atoms with van der Waals surface area (Å²) in [5.41, 5.74) is -0.0352. The molecular formula is C42H54B3BrN4O12. The van der Waals surface area contributed by atoms with E-state index in [4.69, 9.17) is 37.4 Å². The number of pyridine rings is 2. The lowest BCUT2D eigenvalue weighted by Gasteiger charge is -2.32. The minimum Gasteiger partial charge on any atom is -0.481 e. The fourth-order valence-electron chi connectivity index (χ4n) is 5.93. The van der Waals surface area contributed by atoms with E-state index in [-0.39, 0.29) is 58.8 Å². The summed E-state index contributed by atoms with van der Waals surface area (Å²) in [7, 11) is -1.61. The molecule has 0 saturated carbocycles. The molecule has 0 atom stereocenters. The van der Waals surface area contributed by atoms with Crippen LogP contribution in [-0.2, 0) is 41.1 Å². The molecule has 0 spiro atoms. The van der Waals surface area contributed by atoms with Crippen LogP contribution in [0.5, 0.6) is 11.5 Å². The van der Waals surface area contributed by atoms with Crippen molar-refractivity contribution in [2.24, 2.45) is 0 Å². The van der Waals surface area contributed by atoms with E-state index in [1.807, 2.05) is 144 Å². The van der Waals surface area contributed by atoms with Crippen LogP contribution in [0.25, 0.3) is 0 Å². The second-order valence-corrected chi connectivity index (χ2v) is 18.9. The van der Waals surface area contributed by atoms with E-state index in [1.165, 1.54) is 18.5 Å². The van der Waals surface area contributed by atoms with Crippen LogP contribution in [0.15, 0.2) is 89.7 Å². The van der Waals surface area contributed by atoms with Crippen LogP contribution >= 0.6 is 15.9 Å². The predicted octanol–water partition coefficient (Wildman–Crippen LogP) is 8.45. The smallest absolute Gasteiger partial charge is 0.481 e. The molecule has 0 radical (unpaired) electrons. The maximum Gasteiger partial charge on any atom is 0.498 e. The Labute approximate surface area is 372 Å². The molecule has 0 unspecified atom stereocenters. The maximum absolute atomic E-state index is 11.3. The van der Waals surface area contributed by atoms with Gasteiger partial charge in [0.15, 0.2) is 6.20 Å². The van der Waals surface area contributed by atoms with Crippen molar-refractivity contribution in [3.8, 4) is 11.5 Å². The van der Waals surface area contributed by atoms with Gasteiger partial charge < -0.3 is 57.6 Å². The molecule has 3 saturated heterocycles. The number of ether oxygens (including phenoxy) is 2. The Morgan fingerprint density at radius 3 is 1.26 bits per heavy atom. The van der Waals surface area contributed by atoms with Crippen molar-refractivity contribution in [1.82, 2.24) is 9.97 Å². The average molecular weight is 919 g/mol. The topological polar surface area (TPSA) is 186 Å². The summed E-state index contributed by atoms with van der Waals surface area (Å²) in [6.45, 7) is 24.4. The van der Waals surface area contributed by atoms with Crippen molar-refractivity contribution in [2.45, 2.75) is 130 Å². The molecular weight excluding hydrogens is 865 g/mol. The van der Waals surface area contributed by atoms with Gasteiger partial charge in [0.2, 0.25) is 11.5 Å². The summed E-state index contributed by atoms with van der Waals surface area (Å²) in [6, 6.07) is 22.0. The zero-order valence-corrected chi connectivity index (χ0v) is 38.9. The van der Waals surface area contributed by atoms with Crippen LogP contribution in [0.2, 0.25) is 0 Å². The Bertz CT molecular complexity index is 2120. The highest BCUT2D eigenvalue weighted by Gasteiger charge is 2.63. The second kappa shape index (κ2) is 18.7. The molecule has 3 fully saturated rings. The predicted molar refractivity (Wildman–Crippen MR) is 239 cm³/mol. The van der Waals surface area contributed by atoms with Gasteiger partial charge in [-0.2, -0.15) is 0 Å². The van der Waals surface area contributed by atoms with Crippen molar-refractivity contribution >= 4 is 54.2 Å². The van der Waals surface area contributed by atoms with E-state index in [2.05, 4.69) is 25.9 Å². The van der Waals surface area contributed by atoms with Gasteiger partial charge in [-0.1, -0.05) is 60.7 Å². The van der Waals surface area contributed by atoms with Crippen LogP contribution in [0.4, 0.5) is 11.6 Å². The number of nitrogens with zero attached hydrogens (tertiary/aromatic N) is 4. The third kappa shape index (κ3) is 11.4. The first-order chi connectivity index (χ1) is 28.7. The molecule has 0 aliphatic carbocycles. The molecule has 16 nitrogen and oxygen atoms in total. The van der Waals surface area contributed by atoms with Crippen LogP contribution < -0.4 is 14.9 Å². The first-order valence-corrected chi connectivity index (χ1v) is 20.9. The molecule has 62 heavy (non-hydrogen) atoms. The van der Waals surface area contributed by atoms with Crippen molar-refractivity contribution in [3.05, 3.63) is 121 Å². The summed E-state index contributed by atoms with van der Waals surface area (Å²) < 4.78 is 47.6. The SMILES string of the molecule is CC1(C)OB(B2OC(C)(C)C(C)(C)O2)OC1(C)C.CC1(C)OB(c2cnc([N+](=O)[O-])c(OCc3ccccc3)c2)OC1(C)C.O=[N+]([O-])c1ncc(Br)cc1OCc1ccccc1. The standard InChI is InChI=1S/C18H21BN2O5.C12H24B2O4.C12H9BrN2O3/c1-17(2)18(3,4)26-19(25-17)14-10-15(16(20-11-14)21(22)23)24-12-13-8-6-5-7-9-13;1-9(2)10(3,4)16-13(15-9)14-17-11(5,6)12(7,8)18-14;13-10-6-11(12(14-7-10)15(16)17)18-8-9-4-2-1-3-5-9/h5-11H,12H2,1-4H3;1-8H3;1-7H,8H2. The molecule has 330 valence electrons. The van der Waals surface area contributed by atoms with E-state index in [9.17, 15) is 20.2 Å². The van der Waals surface area contributed by atoms with Crippen molar-refractivity contribution in [1.29, 1.82) is 0 Å². The van der Waals surface area contributed by atoms with Crippen LogP contribution in [0.3, 0.4) is 0 Å². The molecule has 3 aliphatic rings. The Kier molecular flexibility index (Phi) is 14.7. The monoisotopic (exact) mass is 918 g/mol. The normalized spacial score (nSPS) is 19.7. The third-order valence-corrected chi connectivity index (χ3v) is 12.2. The van der Waals surface area contributed by atoms with Gasteiger partial charge in [0.1, 0.15) is 19.4 Å².